The van der Waals surface area contributed by atoms with E-state index in [0.717, 1.165) is 29.7 Å². The van der Waals surface area contributed by atoms with Gasteiger partial charge in [-0.15, -0.1) is 10.2 Å². The number of nitrogens with one attached hydrogen (secondary N) is 1. The summed E-state index contributed by atoms with van der Waals surface area (Å²) in [4.78, 5) is 0. The number of nitrogens with zero attached hydrogens (tertiary/aromatic N) is 2. The number of aryl methyl sites for hydroxylation is 1. The van der Waals surface area contributed by atoms with Gasteiger partial charge in [0.15, 0.2) is 0 Å². The van der Waals surface area contributed by atoms with Crippen LogP contribution in [0.4, 0.5) is 0 Å². The quantitative estimate of drug-likeness (QED) is 0.843. The van der Waals surface area contributed by atoms with Crippen molar-refractivity contribution in [1.29, 1.82) is 0 Å². The molecule has 0 radical (unpaired) electrons. The molecule has 2 rings (SSSR count). The molecular weight excluding hydrogens is 210 g/mol. The zero-order valence-electron chi connectivity index (χ0n) is 9.03. The van der Waals surface area contributed by atoms with E-state index in [9.17, 15) is 0 Å². The van der Waals surface area contributed by atoms with Crippen LogP contribution in [0.5, 0.6) is 0 Å². The van der Waals surface area contributed by atoms with E-state index in [1.54, 1.807) is 11.3 Å². The maximum atomic E-state index is 5.64. The van der Waals surface area contributed by atoms with Crippen LogP contribution in [0.2, 0.25) is 0 Å². The summed E-state index contributed by atoms with van der Waals surface area (Å²) in [6, 6.07) is 0. The van der Waals surface area contributed by atoms with Crippen molar-refractivity contribution >= 4 is 11.3 Å². The van der Waals surface area contributed by atoms with Crippen molar-refractivity contribution in [3.8, 4) is 0 Å². The van der Waals surface area contributed by atoms with E-state index in [4.69, 9.17) is 4.74 Å². The molecule has 1 aliphatic heterocycles. The summed E-state index contributed by atoms with van der Waals surface area (Å²) in [6.07, 6.45) is 2.55. The van der Waals surface area contributed by atoms with Gasteiger partial charge in [0.2, 0.25) is 0 Å². The molecule has 0 aliphatic carbocycles. The average molecular weight is 227 g/mol. The van der Waals surface area contributed by atoms with Crippen molar-refractivity contribution in [2.24, 2.45) is 5.92 Å². The van der Waals surface area contributed by atoms with E-state index in [1.165, 1.54) is 12.8 Å². The van der Waals surface area contributed by atoms with Gasteiger partial charge in [0.1, 0.15) is 16.6 Å². The van der Waals surface area contributed by atoms with Crippen LogP contribution in [-0.4, -0.2) is 29.9 Å². The summed E-state index contributed by atoms with van der Waals surface area (Å²) < 4.78 is 5.64. The zero-order chi connectivity index (χ0) is 10.5. The number of piperidine rings is 1. The molecule has 1 aromatic rings. The van der Waals surface area contributed by atoms with Crippen LogP contribution in [0.15, 0.2) is 0 Å². The summed E-state index contributed by atoms with van der Waals surface area (Å²) in [7, 11) is 0. The Hall–Kier alpha value is -0.520. The second kappa shape index (κ2) is 5.53. The highest BCUT2D eigenvalue weighted by Crippen LogP contribution is 2.13. The Balaban J connectivity index is 1.65. The van der Waals surface area contributed by atoms with E-state index in [-0.39, 0.29) is 0 Å². The molecule has 5 heteroatoms. The van der Waals surface area contributed by atoms with Crippen LogP contribution in [0.3, 0.4) is 0 Å². The van der Waals surface area contributed by atoms with E-state index >= 15 is 0 Å². The van der Waals surface area contributed by atoms with Crippen LogP contribution < -0.4 is 5.32 Å². The third kappa shape index (κ3) is 3.52. The SMILES string of the molecule is Cc1nnc(COC[C@H]2CCCNC2)s1. The molecule has 0 bridgehead atoms. The number of aromatic nitrogens is 2. The first-order valence-electron chi connectivity index (χ1n) is 5.42. The van der Waals surface area contributed by atoms with E-state index in [0.29, 0.717) is 12.5 Å². The van der Waals surface area contributed by atoms with Gasteiger partial charge in [-0.3, -0.25) is 0 Å². The van der Waals surface area contributed by atoms with Crippen molar-refractivity contribution in [2.45, 2.75) is 26.4 Å². The molecule has 4 nitrogen and oxygen atoms in total. The summed E-state index contributed by atoms with van der Waals surface area (Å²) in [5.41, 5.74) is 0. The first-order chi connectivity index (χ1) is 7.34. The summed E-state index contributed by atoms with van der Waals surface area (Å²) in [5, 5.41) is 13.4. The molecular formula is C10H17N3OS. The van der Waals surface area contributed by atoms with Gasteiger partial charge in [-0.2, -0.15) is 0 Å². The molecule has 1 fully saturated rings. The minimum atomic E-state index is 0.613. The first-order valence-corrected chi connectivity index (χ1v) is 6.23. The van der Waals surface area contributed by atoms with Crippen LogP contribution in [-0.2, 0) is 11.3 Å². The molecule has 1 atom stereocenters. The van der Waals surface area contributed by atoms with Crippen molar-refractivity contribution in [2.75, 3.05) is 19.7 Å². The molecule has 2 heterocycles. The molecule has 15 heavy (non-hydrogen) atoms. The van der Waals surface area contributed by atoms with Gasteiger partial charge < -0.3 is 10.1 Å². The third-order valence-electron chi connectivity index (χ3n) is 2.55. The van der Waals surface area contributed by atoms with Crippen LogP contribution in [0.25, 0.3) is 0 Å². The van der Waals surface area contributed by atoms with Crippen LogP contribution >= 0.6 is 11.3 Å². The molecule has 84 valence electrons. The molecule has 1 aromatic heterocycles. The predicted octanol–water partition coefficient (Wildman–Crippen LogP) is 1.36. The molecule has 0 aromatic carbocycles. The Morgan fingerprint density at radius 2 is 2.47 bits per heavy atom. The third-order valence-corrected chi connectivity index (χ3v) is 3.36. The Morgan fingerprint density at radius 3 is 3.13 bits per heavy atom. The van der Waals surface area contributed by atoms with Gasteiger partial charge >= 0.3 is 0 Å². The second-order valence-corrected chi connectivity index (χ2v) is 5.21. The molecule has 1 N–H and O–H groups in total. The zero-order valence-corrected chi connectivity index (χ0v) is 9.85. The van der Waals surface area contributed by atoms with Gasteiger partial charge in [-0.05, 0) is 32.2 Å². The van der Waals surface area contributed by atoms with E-state index in [1.807, 2.05) is 6.92 Å². The minimum absolute atomic E-state index is 0.613. The fourth-order valence-electron chi connectivity index (χ4n) is 1.77. The lowest BCUT2D eigenvalue weighted by atomic mass is 10.0. The van der Waals surface area contributed by atoms with Crippen LogP contribution in [0, 0.1) is 12.8 Å². The maximum Gasteiger partial charge on any atom is 0.143 e. The predicted molar refractivity (Wildman–Crippen MR) is 59.9 cm³/mol. The summed E-state index contributed by atoms with van der Waals surface area (Å²) >= 11 is 1.61. The standard InChI is InChI=1S/C10H17N3OS/c1-8-12-13-10(15-8)7-14-6-9-3-2-4-11-5-9/h9,11H,2-7H2,1H3/t9-/m0/s1. The lowest BCUT2D eigenvalue weighted by Crippen LogP contribution is -2.32. The van der Waals surface area contributed by atoms with Gasteiger partial charge in [0.05, 0.1) is 6.61 Å². The molecule has 0 saturated carbocycles. The number of ether oxygens (including phenoxy) is 1. The molecule has 0 amide bonds. The van der Waals surface area contributed by atoms with Gasteiger partial charge in [-0.25, -0.2) is 0 Å². The monoisotopic (exact) mass is 227 g/mol. The average Bonchev–Trinajstić information content (AvgIpc) is 2.66. The Labute approximate surface area is 94.1 Å². The highest BCUT2D eigenvalue weighted by atomic mass is 32.1. The molecule has 0 spiro atoms. The molecule has 1 aliphatic rings. The van der Waals surface area contributed by atoms with Crippen molar-refractivity contribution in [1.82, 2.24) is 15.5 Å². The van der Waals surface area contributed by atoms with Crippen LogP contribution in [0.1, 0.15) is 22.9 Å². The van der Waals surface area contributed by atoms with Gasteiger partial charge in [-0.1, -0.05) is 11.3 Å². The van der Waals surface area contributed by atoms with Crippen molar-refractivity contribution < 1.29 is 4.74 Å². The first kappa shape index (κ1) is 11.0. The Morgan fingerprint density at radius 1 is 1.53 bits per heavy atom. The smallest absolute Gasteiger partial charge is 0.143 e. The number of hydrogen-bond donors (Lipinski definition) is 1. The summed E-state index contributed by atoms with van der Waals surface area (Å²) in [6.45, 7) is 5.67. The highest BCUT2D eigenvalue weighted by molar-refractivity contribution is 7.11. The lowest BCUT2D eigenvalue weighted by molar-refractivity contribution is 0.0778. The number of rotatable bonds is 4. The van der Waals surface area contributed by atoms with Gasteiger partial charge in [0.25, 0.3) is 0 Å². The molecule has 1 saturated heterocycles. The second-order valence-electron chi connectivity index (χ2n) is 3.94. The van der Waals surface area contributed by atoms with Crippen molar-refractivity contribution in [3.63, 3.8) is 0 Å². The minimum Gasteiger partial charge on any atom is -0.374 e. The maximum absolute atomic E-state index is 5.64. The van der Waals surface area contributed by atoms with E-state index in [2.05, 4.69) is 15.5 Å². The summed E-state index contributed by atoms with van der Waals surface area (Å²) in [5.74, 6) is 0.674. The number of hydrogen-bond acceptors (Lipinski definition) is 5. The fraction of sp³-hybridized carbons (Fsp3) is 0.800. The van der Waals surface area contributed by atoms with Crippen molar-refractivity contribution in [3.05, 3.63) is 10.0 Å². The lowest BCUT2D eigenvalue weighted by Gasteiger charge is -2.22. The molecule has 0 unspecified atom stereocenters. The highest BCUT2D eigenvalue weighted by Gasteiger charge is 2.13. The topological polar surface area (TPSA) is 47.0 Å². The Kier molecular flexibility index (Phi) is 4.05. The fourth-order valence-corrected chi connectivity index (χ4v) is 2.42. The Bertz CT molecular complexity index is 297. The largest absolute Gasteiger partial charge is 0.374 e. The normalized spacial score (nSPS) is 21.8. The van der Waals surface area contributed by atoms with Gasteiger partial charge in [0, 0.05) is 6.54 Å². The van der Waals surface area contributed by atoms with E-state index < -0.39 is 0 Å².